The third-order valence-electron chi connectivity index (χ3n) is 4.24. The molecule has 0 radical (unpaired) electrons. The number of nitrogens with one attached hydrogen (secondary N) is 1. The Balaban J connectivity index is 0.00000120. The molecule has 0 amide bonds. The summed E-state index contributed by atoms with van der Waals surface area (Å²) < 4.78 is 1.29. The van der Waals surface area contributed by atoms with Crippen molar-refractivity contribution in [1.29, 1.82) is 0 Å². The molecular weight excluding hydrogens is 332 g/mol. The molecule has 3 rings (SSSR count). The van der Waals surface area contributed by atoms with Crippen molar-refractivity contribution in [3.8, 4) is 0 Å². The van der Waals surface area contributed by atoms with Crippen molar-refractivity contribution in [1.82, 2.24) is 10.2 Å². The Morgan fingerprint density at radius 1 is 1.33 bits per heavy atom. The van der Waals surface area contributed by atoms with Gasteiger partial charge in [0, 0.05) is 22.4 Å². The third-order valence-corrected chi connectivity index (χ3v) is 6.15. The lowest BCUT2D eigenvalue weighted by Gasteiger charge is -2.33. The van der Waals surface area contributed by atoms with Gasteiger partial charge in [-0.3, -0.25) is 4.90 Å². The topological polar surface area (TPSA) is 15.3 Å². The van der Waals surface area contributed by atoms with E-state index >= 15 is 0 Å². The SMILES string of the molecule is Brc1ccsc1CN1CCC2(CCNCC2)C1.Cl. The van der Waals surface area contributed by atoms with Crippen LogP contribution < -0.4 is 5.32 Å². The van der Waals surface area contributed by atoms with Gasteiger partial charge in [0.2, 0.25) is 0 Å². The van der Waals surface area contributed by atoms with Gasteiger partial charge in [-0.25, -0.2) is 0 Å². The molecule has 3 heterocycles. The minimum absolute atomic E-state index is 0. The van der Waals surface area contributed by atoms with E-state index in [-0.39, 0.29) is 12.4 Å². The number of hydrogen-bond donors (Lipinski definition) is 1. The normalized spacial score (nSPS) is 23.2. The molecule has 2 saturated heterocycles. The number of halogens is 2. The molecule has 2 aliphatic rings. The maximum Gasteiger partial charge on any atom is 0.0339 e. The van der Waals surface area contributed by atoms with E-state index in [1.165, 1.54) is 54.8 Å². The van der Waals surface area contributed by atoms with Gasteiger partial charge in [0.1, 0.15) is 0 Å². The predicted octanol–water partition coefficient (Wildman–Crippen LogP) is 3.51. The van der Waals surface area contributed by atoms with E-state index in [0.717, 1.165) is 6.54 Å². The van der Waals surface area contributed by atoms with Crippen LogP contribution in [0, 0.1) is 5.41 Å². The summed E-state index contributed by atoms with van der Waals surface area (Å²) in [4.78, 5) is 4.12. The lowest BCUT2D eigenvalue weighted by Crippen LogP contribution is -2.38. The van der Waals surface area contributed by atoms with Gasteiger partial charge in [-0.15, -0.1) is 23.7 Å². The van der Waals surface area contributed by atoms with Crippen LogP contribution in [0.2, 0.25) is 0 Å². The third kappa shape index (κ3) is 3.10. The summed E-state index contributed by atoms with van der Waals surface area (Å²) in [6, 6.07) is 2.16. The fourth-order valence-electron chi connectivity index (χ4n) is 3.17. The van der Waals surface area contributed by atoms with Gasteiger partial charge in [0.25, 0.3) is 0 Å². The van der Waals surface area contributed by atoms with E-state index in [4.69, 9.17) is 0 Å². The largest absolute Gasteiger partial charge is 0.317 e. The van der Waals surface area contributed by atoms with Crippen molar-refractivity contribution in [2.75, 3.05) is 26.2 Å². The van der Waals surface area contributed by atoms with Gasteiger partial charge < -0.3 is 5.32 Å². The summed E-state index contributed by atoms with van der Waals surface area (Å²) >= 11 is 5.51. The Morgan fingerprint density at radius 3 is 2.78 bits per heavy atom. The molecule has 0 aromatic carbocycles. The predicted molar refractivity (Wildman–Crippen MR) is 83.7 cm³/mol. The molecule has 0 atom stereocenters. The van der Waals surface area contributed by atoms with Gasteiger partial charge in [-0.1, -0.05) is 0 Å². The van der Waals surface area contributed by atoms with Gasteiger partial charge in [0.15, 0.2) is 0 Å². The smallest absolute Gasteiger partial charge is 0.0339 e. The van der Waals surface area contributed by atoms with Crippen LogP contribution in [0.1, 0.15) is 24.1 Å². The Kier molecular flexibility index (Phi) is 5.12. The van der Waals surface area contributed by atoms with Crippen LogP contribution in [-0.2, 0) is 6.54 Å². The summed E-state index contributed by atoms with van der Waals surface area (Å²) in [6.45, 7) is 6.16. The highest BCUT2D eigenvalue weighted by Crippen LogP contribution is 2.39. The second-order valence-corrected chi connectivity index (χ2v) is 7.26. The number of nitrogens with zero attached hydrogens (tertiary/aromatic N) is 1. The van der Waals surface area contributed by atoms with Crippen molar-refractivity contribution >= 4 is 39.7 Å². The highest BCUT2D eigenvalue weighted by molar-refractivity contribution is 9.10. The van der Waals surface area contributed by atoms with Crippen molar-refractivity contribution in [2.45, 2.75) is 25.8 Å². The average Bonchev–Trinajstić information content (AvgIpc) is 2.90. The lowest BCUT2D eigenvalue weighted by molar-refractivity contribution is 0.194. The average molecular weight is 352 g/mol. The van der Waals surface area contributed by atoms with Crippen LogP contribution in [0.15, 0.2) is 15.9 Å². The standard InChI is InChI=1S/C13H19BrN2S.ClH/c14-11-1-8-17-12(11)9-16-7-4-13(10-16)2-5-15-6-3-13;/h1,8,15H,2-7,9-10H2;1H. The second-order valence-electron chi connectivity index (χ2n) is 5.40. The van der Waals surface area contributed by atoms with E-state index < -0.39 is 0 Å². The van der Waals surface area contributed by atoms with Crippen LogP contribution in [-0.4, -0.2) is 31.1 Å². The molecule has 0 saturated carbocycles. The number of likely N-dealkylation sites (tertiary alicyclic amines) is 1. The first-order valence-electron chi connectivity index (χ1n) is 6.42. The molecule has 1 N–H and O–H groups in total. The number of hydrogen-bond acceptors (Lipinski definition) is 3. The first-order chi connectivity index (χ1) is 8.27. The fraction of sp³-hybridized carbons (Fsp3) is 0.692. The first kappa shape index (κ1) is 14.8. The molecule has 2 fully saturated rings. The Labute approximate surface area is 128 Å². The zero-order valence-electron chi connectivity index (χ0n) is 10.5. The monoisotopic (exact) mass is 350 g/mol. The molecule has 5 heteroatoms. The molecule has 1 aromatic rings. The molecule has 2 nitrogen and oxygen atoms in total. The number of rotatable bonds is 2. The zero-order chi connectivity index (χ0) is 11.7. The fourth-order valence-corrected chi connectivity index (χ4v) is 4.69. The van der Waals surface area contributed by atoms with Gasteiger partial charge in [0.05, 0.1) is 0 Å². The highest BCUT2D eigenvalue weighted by atomic mass is 79.9. The summed E-state index contributed by atoms with van der Waals surface area (Å²) in [5, 5.41) is 5.66. The van der Waals surface area contributed by atoms with Crippen molar-refractivity contribution in [3.63, 3.8) is 0 Å². The minimum atomic E-state index is 0. The van der Waals surface area contributed by atoms with Crippen molar-refractivity contribution in [2.24, 2.45) is 5.41 Å². The van der Waals surface area contributed by atoms with E-state index in [1.807, 2.05) is 11.3 Å². The molecule has 0 aliphatic carbocycles. The van der Waals surface area contributed by atoms with Gasteiger partial charge in [-0.2, -0.15) is 0 Å². The number of piperidine rings is 1. The molecule has 0 unspecified atom stereocenters. The molecule has 0 bridgehead atoms. The van der Waals surface area contributed by atoms with E-state index in [0.29, 0.717) is 5.41 Å². The molecule has 102 valence electrons. The summed E-state index contributed by atoms with van der Waals surface area (Å²) in [5.74, 6) is 0. The molecule has 18 heavy (non-hydrogen) atoms. The molecule has 1 aromatic heterocycles. The second kappa shape index (κ2) is 6.23. The van der Waals surface area contributed by atoms with Crippen LogP contribution in [0.4, 0.5) is 0 Å². The Bertz CT molecular complexity index is 390. The number of thiophene rings is 1. The molecule has 2 aliphatic heterocycles. The summed E-state index contributed by atoms with van der Waals surface area (Å²) in [6.07, 6.45) is 4.14. The van der Waals surface area contributed by atoms with E-state index in [1.54, 1.807) is 0 Å². The summed E-state index contributed by atoms with van der Waals surface area (Å²) in [7, 11) is 0. The highest BCUT2D eigenvalue weighted by Gasteiger charge is 2.38. The van der Waals surface area contributed by atoms with Crippen LogP contribution in [0.5, 0.6) is 0 Å². The zero-order valence-corrected chi connectivity index (χ0v) is 13.7. The van der Waals surface area contributed by atoms with Gasteiger partial charge in [-0.05, 0) is 71.7 Å². The van der Waals surface area contributed by atoms with Gasteiger partial charge >= 0.3 is 0 Å². The minimum Gasteiger partial charge on any atom is -0.317 e. The maximum atomic E-state index is 3.63. The maximum absolute atomic E-state index is 3.63. The molecule has 1 spiro atoms. The van der Waals surface area contributed by atoms with Crippen LogP contribution >= 0.6 is 39.7 Å². The Morgan fingerprint density at radius 2 is 2.11 bits per heavy atom. The quantitative estimate of drug-likeness (QED) is 0.877. The van der Waals surface area contributed by atoms with Crippen LogP contribution in [0.25, 0.3) is 0 Å². The lowest BCUT2D eigenvalue weighted by atomic mass is 9.78. The van der Waals surface area contributed by atoms with Crippen LogP contribution in [0.3, 0.4) is 0 Å². The van der Waals surface area contributed by atoms with E-state index in [9.17, 15) is 0 Å². The molecular formula is C13H20BrClN2S. The van der Waals surface area contributed by atoms with Crippen molar-refractivity contribution in [3.05, 3.63) is 20.8 Å². The summed E-state index contributed by atoms with van der Waals surface area (Å²) in [5.41, 5.74) is 0.634. The Hall–Kier alpha value is 0.390. The van der Waals surface area contributed by atoms with Crippen molar-refractivity contribution < 1.29 is 0 Å². The first-order valence-corrected chi connectivity index (χ1v) is 8.10. The van der Waals surface area contributed by atoms with E-state index in [2.05, 4.69) is 37.6 Å².